The van der Waals surface area contributed by atoms with E-state index < -0.39 is 24.3 Å². The van der Waals surface area contributed by atoms with E-state index in [1.165, 1.54) is 11.8 Å². The van der Waals surface area contributed by atoms with Gasteiger partial charge in [-0.15, -0.1) is 0 Å². The number of carbonyl (C=O) groups excluding carboxylic acids is 4. The van der Waals surface area contributed by atoms with Crippen LogP contribution >= 0.6 is 0 Å². The van der Waals surface area contributed by atoms with Crippen molar-refractivity contribution in [1.82, 2.24) is 10.6 Å². The van der Waals surface area contributed by atoms with Crippen molar-refractivity contribution in [3.05, 3.63) is 59.7 Å². The van der Waals surface area contributed by atoms with Crippen LogP contribution in [-0.4, -0.2) is 49.2 Å². The van der Waals surface area contributed by atoms with Crippen LogP contribution in [0.5, 0.6) is 0 Å². The summed E-state index contributed by atoms with van der Waals surface area (Å²) >= 11 is 0. The van der Waals surface area contributed by atoms with Crippen LogP contribution < -0.4 is 20.9 Å². The fraction of sp³-hybridized carbons (Fsp3) is 0.333. The van der Waals surface area contributed by atoms with E-state index in [0.717, 1.165) is 11.1 Å². The molecule has 178 valence electrons. The summed E-state index contributed by atoms with van der Waals surface area (Å²) in [4.78, 5) is 49.8. The van der Waals surface area contributed by atoms with Gasteiger partial charge < -0.3 is 25.4 Å². The number of fused-ring (bicyclic) bond motifs is 1. The van der Waals surface area contributed by atoms with Gasteiger partial charge in [-0.2, -0.15) is 0 Å². The summed E-state index contributed by atoms with van der Waals surface area (Å²) in [5, 5.41) is 8.10. The van der Waals surface area contributed by atoms with Crippen LogP contribution in [0, 0.1) is 0 Å². The number of ether oxygens (including phenoxy) is 2. The lowest BCUT2D eigenvalue weighted by Crippen LogP contribution is -2.43. The zero-order valence-electron chi connectivity index (χ0n) is 18.7. The van der Waals surface area contributed by atoms with Crippen molar-refractivity contribution in [3.63, 3.8) is 0 Å². The van der Waals surface area contributed by atoms with Gasteiger partial charge in [0.1, 0.15) is 18.8 Å². The van der Waals surface area contributed by atoms with Gasteiger partial charge in [0.15, 0.2) is 0 Å². The second-order valence-electron chi connectivity index (χ2n) is 8.18. The van der Waals surface area contributed by atoms with Gasteiger partial charge in [-0.1, -0.05) is 30.3 Å². The molecular formula is C24H26N4O6. The Balaban J connectivity index is 1.36. The molecule has 2 atom stereocenters. The molecule has 0 spiro atoms. The summed E-state index contributed by atoms with van der Waals surface area (Å²) in [5.41, 5.74) is 2.95. The number of benzene rings is 2. The third-order valence-electron chi connectivity index (χ3n) is 5.63. The summed E-state index contributed by atoms with van der Waals surface area (Å²) < 4.78 is 10.5. The lowest BCUT2D eigenvalue weighted by Gasteiger charge is -2.16. The van der Waals surface area contributed by atoms with Crippen LogP contribution in [0.15, 0.2) is 48.5 Å². The number of anilines is 2. The Morgan fingerprint density at radius 2 is 1.97 bits per heavy atom. The molecule has 4 amide bonds. The number of carbonyl (C=O) groups is 4. The number of cyclic esters (lactones) is 1. The molecule has 2 aromatic carbocycles. The zero-order valence-corrected chi connectivity index (χ0v) is 18.7. The molecular weight excluding hydrogens is 440 g/mol. The highest BCUT2D eigenvalue weighted by Crippen LogP contribution is 2.29. The van der Waals surface area contributed by atoms with E-state index in [0.29, 0.717) is 30.8 Å². The number of aryl methyl sites for hydroxylation is 1. The minimum atomic E-state index is -0.752. The number of nitrogens with zero attached hydrogens (tertiary/aromatic N) is 1. The zero-order chi connectivity index (χ0) is 24.1. The van der Waals surface area contributed by atoms with Crippen LogP contribution in [-0.2, 0) is 32.1 Å². The maximum absolute atomic E-state index is 12.6. The van der Waals surface area contributed by atoms with Gasteiger partial charge in [0.25, 0.3) is 0 Å². The number of hydrogen-bond acceptors (Lipinski definition) is 6. The molecule has 0 aliphatic carbocycles. The topological polar surface area (TPSA) is 126 Å². The maximum atomic E-state index is 12.6. The lowest BCUT2D eigenvalue weighted by atomic mass is 10.0. The van der Waals surface area contributed by atoms with Crippen LogP contribution in [0.4, 0.5) is 21.0 Å². The molecule has 3 N–H and O–H groups in total. The van der Waals surface area contributed by atoms with Crippen LogP contribution in [0.25, 0.3) is 0 Å². The summed E-state index contributed by atoms with van der Waals surface area (Å²) in [5.74, 6) is -0.526. The highest BCUT2D eigenvalue weighted by atomic mass is 16.6. The standard InChI is InChI=1S/C24H26N4O6/c1-15(29)25-12-19-13-28(24(32)34-19)18-8-10-20-17(11-18)7-9-21(22(30)26-20)27-23(31)33-14-16-5-3-2-4-6-16/h2-6,8,10-11,19,21H,7,9,12-14H2,1H3,(H,25,29)(H,26,30)(H,27,31). The molecule has 0 aromatic heterocycles. The number of amides is 4. The van der Waals surface area contributed by atoms with Crippen molar-refractivity contribution in [2.24, 2.45) is 0 Å². The van der Waals surface area contributed by atoms with Gasteiger partial charge in [0.05, 0.1) is 13.1 Å². The maximum Gasteiger partial charge on any atom is 0.414 e. The number of nitrogens with one attached hydrogen (secondary N) is 3. The van der Waals surface area contributed by atoms with Crippen molar-refractivity contribution in [2.45, 2.75) is 38.5 Å². The predicted molar refractivity (Wildman–Crippen MR) is 123 cm³/mol. The molecule has 4 rings (SSSR count). The van der Waals surface area contributed by atoms with E-state index in [4.69, 9.17) is 9.47 Å². The average molecular weight is 466 g/mol. The predicted octanol–water partition coefficient (Wildman–Crippen LogP) is 2.33. The van der Waals surface area contributed by atoms with Crippen molar-refractivity contribution in [3.8, 4) is 0 Å². The molecule has 0 saturated carbocycles. The molecule has 1 fully saturated rings. The van der Waals surface area contributed by atoms with E-state index in [9.17, 15) is 19.2 Å². The normalized spacial score (nSPS) is 19.4. The molecule has 2 aliphatic heterocycles. The first-order chi connectivity index (χ1) is 16.4. The van der Waals surface area contributed by atoms with E-state index >= 15 is 0 Å². The van der Waals surface area contributed by atoms with Crippen molar-refractivity contribution >= 4 is 35.4 Å². The second-order valence-corrected chi connectivity index (χ2v) is 8.18. The summed E-state index contributed by atoms with van der Waals surface area (Å²) in [6, 6.07) is 13.8. The van der Waals surface area contributed by atoms with Crippen LogP contribution in [0.2, 0.25) is 0 Å². The Hall–Kier alpha value is -4.08. The first kappa shape index (κ1) is 23.1. The van der Waals surface area contributed by atoms with Crippen molar-refractivity contribution in [2.75, 3.05) is 23.3 Å². The van der Waals surface area contributed by atoms with Crippen LogP contribution in [0.1, 0.15) is 24.5 Å². The molecule has 2 aromatic rings. The Labute approximate surface area is 196 Å². The van der Waals surface area contributed by atoms with E-state index in [1.54, 1.807) is 12.1 Å². The average Bonchev–Trinajstić information content (AvgIpc) is 3.13. The Bertz CT molecular complexity index is 1090. The number of hydrogen-bond donors (Lipinski definition) is 3. The van der Waals surface area contributed by atoms with Crippen molar-refractivity contribution < 1.29 is 28.7 Å². The van der Waals surface area contributed by atoms with Gasteiger partial charge >= 0.3 is 12.2 Å². The highest BCUT2D eigenvalue weighted by molar-refractivity contribution is 5.98. The molecule has 2 unspecified atom stereocenters. The minimum Gasteiger partial charge on any atom is -0.445 e. The number of rotatable bonds is 6. The largest absolute Gasteiger partial charge is 0.445 e. The van der Waals surface area contributed by atoms with E-state index in [2.05, 4.69) is 16.0 Å². The molecule has 0 bridgehead atoms. The summed E-state index contributed by atoms with van der Waals surface area (Å²) in [7, 11) is 0. The minimum absolute atomic E-state index is 0.111. The van der Waals surface area contributed by atoms with Gasteiger partial charge in [-0.25, -0.2) is 9.59 Å². The summed E-state index contributed by atoms with van der Waals surface area (Å²) in [6.45, 7) is 2.06. The first-order valence-electron chi connectivity index (χ1n) is 11.0. The Morgan fingerprint density at radius 3 is 2.74 bits per heavy atom. The molecule has 0 radical (unpaired) electrons. The van der Waals surface area contributed by atoms with Crippen LogP contribution in [0.3, 0.4) is 0 Å². The molecule has 34 heavy (non-hydrogen) atoms. The smallest absolute Gasteiger partial charge is 0.414 e. The molecule has 10 nitrogen and oxygen atoms in total. The van der Waals surface area contributed by atoms with Gasteiger partial charge in [0.2, 0.25) is 11.8 Å². The molecule has 10 heteroatoms. The lowest BCUT2D eigenvalue weighted by molar-refractivity contribution is -0.119. The highest BCUT2D eigenvalue weighted by Gasteiger charge is 2.33. The molecule has 2 heterocycles. The van der Waals surface area contributed by atoms with Gasteiger partial charge in [-0.05, 0) is 42.2 Å². The Morgan fingerprint density at radius 1 is 1.18 bits per heavy atom. The van der Waals surface area contributed by atoms with Crippen molar-refractivity contribution in [1.29, 1.82) is 0 Å². The molecule has 1 saturated heterocycles. The van der Waals surface area contributed by atoms with E-state index in [-0.39, 0.29) is 25.0 Å². The third kappa shape index (κ3) is 5.64. The van der Waals surface area contributed by atoms with E-state index in [1.807, 2.05) is 36.4 Å². The second kappa shape index (κ2) is 10.2. The third-order valence-corrected chi connectivity index (χ3v) is 5.63. The van der Waals surface area contributed by atoms with Gasteiger partial charge in [0, 0.05) is 18.3 Å². The quantitative estimate of drug-likeness (QED) is 0.600. The van der Waals surface area contributed by atoms with Gasteiger partial charge in [-0.3, -0.25) is 14.5 Å². The fourth-order valence-corrected chi connectivity index (χ4v) is 3.87. The SMILES string of the molecule is CC(=O)NCC1CN(c2ccc3c(c2)CCC(NC(=O)OCc2ccccc2)C(=O)N3)C(=O)O1. The fourth-order valence-electron chi connectivity index (χ4n) is 3.87. The molecule has 2 aliphatic rings. The number of alkyl carbamates (subject to hydrolysis) is 1. The monoisotopic (exact) mass is 466 g/mol. The Kier molecular flexibility index (Phi) is 6.95. The summed E-state index contributed by atoms with van der Waals surface area (Å²) in [6.07, 6.45) is -0.720. The first-order valence-corrected chi connectivity index (χ1v) is 11.0.